The van der Waals surface area contributed by atoms with Crippen LogP contribution in [0.1, 0.15) is 25.8 Å². The third kappa shape index (κ3) is 4.84. The van der Waals surface area contributed by atoms with Gasteiger partial charge in [-0.05, 0) is 31.0 Å². The molecular formula is C14H24N2O2S. The van der Waals surface area contributed by atoms with Crippen LogP contribution in [0.25, 0.3) is 0 Å². The number of nitrogens with zero attached hydrogens (tertiary/aromatic N) is 1. The van der Waals surface area contributed by atoms with Crippen molar-refractivity contribution in [2.24, 2.45) is 0 Å². The van der Waals surface area contributed by atoms with Crippen LogP contribution in [0.3, 0.4) is 0 Å². The fourth-order valence-corrected chi connectivity index (χ4v) is 3.01. The largest absolute Gasteiger partial charge is 0.381 e. The van der Waals surface area contributed by atoms with E-state index < -0.39 is 10.0 Å². The third-order valence-electron chi connectivity index (χ3n) is 3.01. The second-order valence-electron chi connectivity index (χ2n) is 4.62. The maximum atomic E-state index is 11.4. The molecule has 0 aliphatic carbocycles. The first-order valence-corrected chi connectivity index (χ1v) is 8.58. The highest BCUT2D eigenvalue weighted by atomic mass is 32.2. The molecule has 0 spiro atoms. The summed E-state index contributed by atoms with van der Waals surface area (Å²) in [4.78, 5) is 0. The van der Waals surface area contributed by atoms with E-state index in [2.05, 4.69) is 11.4 Å². The Morgan fingerprint density at radius 2 is 2.00 bits per heavy atom. The van der Waals surface area contributed by atoms with E-state index in [4.69, 9.17) is 0 Å². The first-order valence-electron chi connectivity index (χ1n) is 6.73. The number of hydrogen-bond acceptors (Lipinski definition) is 3. The highest BCUT2D eigenvalue weighted by Gasteiger charge is 2.28. The zero-order valence-corrected chi connectivity index (χ0v) is 13.0. The fraction of sp³-hybridized carbons (Fsp3) is 0.571. The van der Waals surface area contributed by atoms with Gasteiger partial charge in [-0.25, -0.2) is 12.7 Å². The monoisotopic (exact) mass is 284 g/mol. The smallest absolute Gasteiger partial charge is 0.211 e. The van der Waals surface area contributed by atoms with Crippen molar-refractivity contribution in [3.63, 3.8) is 0 Å². The quantitative estimate of drug-likeness (QED) is 0.927. The van der Waals surface area contributed by atoms with E-state index in [1.807, 2.05) is 39.0 Å². The average molecular weight is 284 g/mol. The molecule has 0 aromatic heterocycles. The Balaban J connectivity index is 0.000000861. The summed E-state index contributed by atoms with van der Waals surface area (Å²) in [6.45, 7) is 7.22. The van der Waals surface area contributed by atoms with E-state index >= 15 is 0 Å². The molecule has 0 bridgehead atoms. The summed E-state index contributed by atoms with van der Waals surface area (Å²) in [5.74, 6) is 0. The molecule has 4 nitrogen and oxygen atoms in total. The van der Waals surface area contributed by atoms with Crippen LogP contribution >= 0.6 is 0 Å². The first kappa shape index (κ1) is 16.0. The lowest BCUT2D eigenvalue weighted by atomic mass is 10.2. The maximum Gasteiger partial charge on any atom is 0.211 e. The Labute approximate surface area is 116 Å². The summed E-state index contributed by atoms with van der Waals surface area (Å²) in [7, 11) is -3.04. The number of benzene rings is 1. The molecule has 2 rings (SSSR count). The molecule has 1 aliphatic rings. The van der Waals surface area contributed by atoms with Gasteiger partial charge >= 0.3 is 0 Å². The lowest BCUT2D eigenvalue weighted by Crippen LogP contribution is -2.30. The molecule has 1 aromatic carbocycles. The van der Waals surface area contributed by atoms with Crippen molar-refractivity contribution in [1.82, 2.24) is 4.31 Å². The molecule has 0 saturated carbocycles. The molecule has 19 heavy (non-hydrogen) atoms. The molecule has 1 atom stereocenters. The molecule has 1 fully saturated rings. The topological polar surface area (TPSA) is 49.4 Å². The van der Waals surface area contributed by atoms with Gasteiger partial charge in [0.25, 0.3) is 0 Å². The maximum absolute atomic E-state index is 11.4. The van der Waals surface area contributed by atoms with Gasteiger partial charge in [0.05, 0.1) is 6.26 Å². The molecule has 5 heteroatoms. The average Bonchev–Trinajstić information content (AvgIpc) is 2.80. The van der Waals surface area contributed by atoms with Crippen LogP contribution in [-0.4, -0.2) is 38.1 Å². The molecule has 1 unspecified atom stereocenters. The van der Waals surface area contributed by atoms with Crippen LogP contribution in [0.2, 0.25) is 0 Å². The van der Waals surface area contributed by atoms with Gasteiger partial charge in [0.15, 0.2) is 0 Å². The van der Waals surface area contributed by atoms with Crippen molar-refractivity contribution >= 4 is 15.7 Å². The van der Waals surface area contributed by atoms with Gasteiger partial charge in [0.2, 0.25) is 10.0 Å². The van der Waals surface area contributed by atoms with Crippen molar-refractivity contribution < 1.29 is 8.42 Å². The van der Waals surface area contributed by atoms with E-state index in [-0.39, 0.29) is 6.04 Å². The van der Waals surface area contributed by atoms with Crippen LogP contribution in [-0.2, 0) is 10.0 Å². The third-order valence-corrected chi connectivity index (χ3v) is 4.28. The van der Waals surface area contributed by atoms with Gasteiger partial charge in [0, 0.05) is 24.8 Å². The minimum absolute atomic E-state index is 0.214. The Hall–Kier alpha value is -1.07. The molecule has 1 aliphatic heterocycles. The lowest BCUT2D eigenvalue weighted by molar-refractivity contribution is 0.480. The minimum atomic E-state index is -3.04. The predicted octanol–water partition coefficient (Wildman–Crippen LogP) is 2.47. The van der Waals surface area contributed by atoms with Crippen molar-refractivity contribution in [2.75, 3.05) is 24.7 Å². The first-order chi connectivity index (χ1) is 8.95. The minimum Gasteiger partial charge on any atom is -0.381 e. The van der Waals surface area contributed by atoms with Crippen molar-refractivity contribution in [1.29, 1.82) is 0 Å². The number of sulfonamides is 1. The molecule has 1 aromatic rings. The SMILES string of the molecule is CC.Cc1cccc(NC2CCN(S(C)(=O)=O)C2)c1. The predicted molar refractivity (Wildman–Crippen MR) is 81.0 cm³/mol. The number of anilines is 1. The Morgan fingerprint density at radius 3 is 2.53 bits per heavy atom. The molecule has 1 saturated heterocycles. The molecule has 0 amide bonds. The van der Waals surface area contributed by atoms with E-state index in [1.165, 1.54) is 16.1 Å². The van der Waals surface area contributed by atoms with Crippen molar-refractivity contribution in [3.05, 3.63) is 29.8 Å². The zero-order chi connectivity index (χ0) is 14.5. The summed E-state index contributed by atoms with van der Waals surface area (Å²) in [6, 6.07) is 8.34. The standard InChI is InChI=1S/C12H18N2O2S.C2H6/c1-10-4-3-5-11(8-10)13-12-6-7-14(9-12)17(2,15)16;1-2/h3-5,8,12-13H,6-7,9H2,1-2H3;1-2H3. The van der Waals surface area contributed by atoms with Gasteiger partial charge in [-0.1, -0.05) is 26.0 Å². The van der Waals surface area contributed by atoms with Gasteiger partial charge in [-0.15, -0.1) is 0 Å². The molecule has 0 radical (unpaired) electrons. The van der Waals surface area contributed by atoms with Gasteiger partial charge in [-0.2, -0.15) is 0 Å². The molecular weight excluding hydrogens is 260 g/mol. The highest BCUT2D eigenvalue weighted by molar-refractivity contribution is 7.88. The van der Waals surface area contributed by atoms with Crippen LogP contribution in [0.15, 0.2) is 24.3 Å². The normalized spacial score (nSPS) is 19.7. The number of aryl methyl sites for hydroxylation is 1. The molecule has 1 heterocycles. The Kier molecular flexibility index (Phi) is 5.82. The molecule has 108 valence electrons. The van der Waals surface area contributed by atoms with Gasteiger partial charge in [0.1, 0.15) is 0 Å². The zero-order valence-electron chi connectivity index (χ0n) is 12.2. The van der Waals surface area contributed by atoms with E-state index in [0.717, 1.165) is 12.1 Å². The number of nitrogens with one attached hydrogen (secondary N) is 1. The summed E-state index contributed by atoms with van der Waals surface area (Å²) >= 11 is 0. The van der Waals surface area contributed by atoms with Crippen molar-refractivity contribution in [2.45, 2.75) is 33.2 Å². The lowest BCUT2D eigenvalue weighted by Gasteiger charge is -2.15. The summed E-state index contributed by atoms with van der Waals surface area (Å²) < 4.78 is 24.3. The second-order valence-corrected chi connectivity index (χ2v) is 6.60. The van der Waals surface area contributed by atoms with Crippen molar-refractivity contribution in [3.8, 4) is 0 Å². The van der Waals surface area contributed by atoms with Crippen LogP contribution < -0.4 is 5.32 Å². The number of rotatable bonds is 3. The van der Waals surface area contributed by atoms with E-state index in [0.29, 0.717) is 13.1 Å². The number of hydrogen-bond donors (Lipinski definition) is 1. The summed E-state index contributed by atoms with van der Waals surface area (Å²) in [5.41, 5.74) is 2.26. The fourth-order valence-electron chi connectivity index (χ4n) is 2.12. The van der Waals surface area contributed by atoms with Crippen LogP contribution in [0.4, 0.5) is 5.69 Å². The summed E-state index contributed by atoms with van der Waals surface area (Å²) in [6.07, 6.45) is 2.13. The van der Waals surface area contributed by atoms with E-state index in [1.54, 1.807) is 0 Å². The van der Waals surface area contributed by atoms with E-state index in [9.17, 15) is 8.42 Å². The van der Waals surface area contributed by atoms with Gasteiger partial charge < -0.3 is 5.32 Å². The highest BCUT2D eigenvalue weighted by Crippen LogP contribution is 2.18. The Morgan fingerprint density at radius 1 is 1.32 bits per heavy atom. The summed E-state index contributed by atoms with van der Waals surface area (Å²) in [5, 5.41) is 3.38. The molecule has 1 N–H and O–H groups in total. The van der Waals surface area contributed by atoms with Gasteiger partial charge in [-0.3, -0.25) is 0 Å². The Bertz CT molecular complexity index is 500. The van der Waals surface area contributed by atoms with Crippen LogP contribution in [0.5, 0.6) is 0 Å². The van der Waals surface area contributed by atoms with Crippen LogP contribution in [0, 0.1) is 6.92 Å². The second kappa shape index (κ2) is 6.91.